The number of nitrogens with two attached hydrogens (primary N) is 1. The topological polar surface area (TPSA) is 58.3 Å². The van der Waals surface area contributed by atoms with E-state index < -0.39 is 0 Å². The largest absolute Gasteiger partial charge is 0.392 e. The number of aromatic nitrogens is 2. The average Bonchev–Trinajstić information content (AvgIpc) is 2.45. The van der Waals surface area contributed by atoms with Crippen molar-refractivity contribution in [3.8, 4) is 0 Å². The van der Waals surface area contributed by atoms with Crippen LogP contribution in [-0.4, -0.2) is 52.1 Å². The third kappa shape index (κ3) is 3.43. The maximum Gasteiger partial charge on any atom is 0.132 e. The average molecular weight is 293 g/mol. The summed E-state index contributed by atoms with van der Waals surface area (Å²) in [7, 11) is 0. The zero-order valence-electron chi connectivity index (χ0n) is 12.5. The van der Waals surface area contributed by atoms with Crippen molar-refractivity contribution < 1.29 is 0 Å². The summed E-state index contributed by atoms with van der Waals surface area (Å²) in [6, 6.07) is 2.27. The molecule has 1 atom stereocenters. The van der Waals surface area contributed by atoms with Crippen LogP contribution in [0.25, 0.3) is 0 Å². The molecule has 1 unspecified atom stereocenters. The van der Waals surface area contributed by atoms with E-state index in [0.29, 0.717) is 4.99 Å². The Balaban J connectivity index is 2.03. The van der Waals surface area contributed by atoms with Gasteiger partial charge in [0.15, 0.2) is 0 Å². The van der Waals surface area contributed by atoms with Gasteiger partial charge in [0.05, 0.1) is 11.0 Å². The van der Waals surface area contributed by atoms with E-state index in [1.54, 1.807) is 0 Å². The summed E-state index contributed by atoms with van der Waals surface area (Å²) in [6.45, 7) is 9.97. The second kappa shape index (κ2) is 6.45. The van der Waals surface area contributed by atoms with Crippen molar-refractivity contribution in [3.63, 3.8) is 0 Å². The Morgan fingerprint density at radius 2 is 2.00 bits per heavy atom. The lowest BCUT2D eigenvalue weighted by Crippen LogP contribution is -2.53. The molecule has 2 rings (SSSR count). The van der Waals surface area contributed by atoms with E-state index in [1.165, 1.54) is 0 Å². The Morgan fingerprint density at radius 3 is 2.55 bits per heavy atom. The molecule has 0 saturated carbocycles. The molecule has 1 aliphatic rings. The smallest absolute Gasteiger partial charge is 0.132 e. The highest BCUT2D eigenvalue weighted by atomic mass is 32.1. The molecule has 2 heterocycles. The van der Waals surface area contributed by atoms with E-state index in [4.69, 9.17) is 18.0 Å². The molecule has 20 heavy (non-hydrogen) atoms. The molecular formula is C14H23N5S. The van der Waals surface area contributed by atoms with Crippen molar-refractivity contribution in [2.75, 3.05) is 31.1 Å². The molecule has 0 radical (unpaired) electrons. The van der Waals surface area contributed by atoms with Crippen LogP contribution in [0.15, 0.2) is 6.07 Å². The predicted molar refractivity (Wildman–Crippen MR) is 86.2 cm³/mol. The number of rotatable bonds is 4. The lowest BCUT2D eigenvalue weighted by molar-refractivity contribution is 0.238. The van der Waals surface area contributed by atoms with Gasteiger partial charge in [-0.1, -0.05) is 19.1 Å². The van der Waals surface area contributed by atoms with Crippen molar-refractivity contribution in [2.45, 2.75) is 33.2 Å². The highest BCUT2D eigenvalue weighted by Gasteiger charge is 2.23. The van der Waals surface area contributed by atoms with Crippen molar-refractivity contribution >= 4 is 23.0 Å². The molecule has 0 aliphatic carbocycles. The van der Waals surface area contributed by atoms with Gasteiger partial charge in [-0.2, -0.15) is 0 Å². The summed E-state index contributed by atoms with van der Waals surface area (Å²) in [5.74, 6) is 1.88. The highest BCUT2D eigenvalue weighted by molar-refractivity contribution is 7.80. The predicted octanol–water partition coefficient (Wildman–Crippen LogP) is 1.14. The van der Waals surface area contributed by atoms with E-state index in [0.717, 1.165) is 49.9 Å². The van der Waals surface area contributed by atoms with Crippen LogP contribution in [-0.2, 0) is 6.42 Å². The molecule has 1 aromatic heterocycles. The Hall–Kier alpha value is -1.27. The minimum absolute atomic E-state index is 0.172. The van der Waals surface area contributed by atoms with Crippen LogP contribution in [0.4, 0.5) is 5.82 Å². The monoisotopic (exact) mass is 293 g/mol. The van der Waals surface area contributed by atoms with Gasteiger partial charge < -0.3 is 10.6 Å². The minimum atomic E-state index is 0.172. The molecule has 0 bridgehead atoms. The molecule has 1 aliphatic heterocycles. The van der Waals surface area contributed by atoms with Crippen molar-refractivity contribution in [2.24, 2.45) is 5.73 Å². The van der Waals surface area contributed by atoms with E-state index in [1.807, 2.05) is 6.92 Å². The highest BCUT2D eigenvalue weighted by Crippen LogP contribution is 2.16. The fraction of sp³-hybridized carbons (Fsp3) is 0.643. The summed E-state index contributed by atoms with van der Waals surface area (Å²) >= 11 is 5.07. The van der Waals surface area contributed by atoms with Gasteiger partial charge in [-0.3, -0.25) is 4.90 Å². The standard InChI is InChI=1S/C14H23N5S/c1-4-12-9-13(17-11(3)16-12)19-7-5-18(6-8-19)10(2)14(15)20/h9-10H,4-8H2,1-3H3,(H2,15,20). The molecule has 2 N–H and O–H groups in total. The molecule has 0 amide bonds. The van der Waals surface area contributed by atoms with Gasteiger partial charge in [-0.05, 0) is 20.3 Å². The number of piperazine rings is 1. The van der Waals surface area contributed by atoms with Crippen LogP contribution >= 0.6 is 12.2 Å². The normalized spacial score (nSPS) is 18.1. The number of nitrogens with zero attached hydrogens (tertiary/aromatic N) is 4. The van der Waals surface area contributed by atoms with E-state index >= 15 is 0 Å². The van der Waals surface area contributed by atoms with Gasteiger partial charge in [-0.15, -0.1) is 0 Å². The Kier molecular flexibility index (Phi) is 4.88. The van der Waals surface area contributed by atoms with Crippen LogP contribution in [0.1, 0.15) is 25.4 Å². The van der Waals surface area contributed by atoms with Gasteiger partial charge in [-0.25, -0.2) is 9.97 Å². The van der Waals surface area contributed by atoms with Crippen LogP contribution < -0.4 is 10.6 Å². The summed E-state index contributed by atoms with van der Waals surface area (Å²) in [6.07, 6.45) is 0.939. The number of aryl methyl sites for hydroxylation is 2. The first-order valence-corrected chi connectivity index (χ1v) is 7.55. The second-order valence-corrected chi connectivity index (χ2v) is 5.69. The number of hydrogen-bond acceptors (Lipinski definition) is 5. The molecule has 6 heteroatoms. The Labute approximate surface area is 126 Å². The minimum Gasteiger partial charge on any atom is -0.392 e. The fourth-order valence-corrected chi connectivity index (χ4v) is 2.62. The van der Waals surface area contributed by atoms with Crippen molar-refractivity contribution in [3.05, 3.63) is 17.6 Å². The van der Waals surface area contributed by atoms with E-state index in [-0.39, 0.29) is 6.04 Å². The SMILES string of the molecule is CCc1cc(N2CCN(C(C)C(N)=S)CC2)nc(C)n1. The van der Waals surface area contributed by atoms with Crippen LogP contribution in [0.2, 0.25) is 0 Å². The summed E-state index contributed by atoms with van der Waals surface area (Å²) in [5.41, 5.74) is 6.83. The molecule has 0 spiro atoms. The van der Waals surface area contributed by atoms with Gasteiger partial charge in [0, 0.05) is 37.9 Å². The second-order valence-electron chi connectivity index (χ2n) is 5.22. The zero-order chi connectivity index (χ0) is 14.7. The third-order valence-electron chi connectivity index (χ3n) is 3.84. The molecule has 1 fully saturated rings. The van der Waals surface area contributed by atoms with Crippen molar-refractivity contribution in [1.82, 2.24) is 14.9 Å². The molecule has 5 nitrogen and oxygen atoms in total. The fourth-order valence-electron chi connectivity index (χ4n) is 2.47. The van der Waals surface area contributed by atoms with E-state index in [2.05, 4.69) is 39.7 Å². The van der Waals surface area contributed by atoms with E-state index in [9.17, 15) is 0 Å². The molecule has 1 saturated heterocycles. The molecule has 110 valence electrons. The summed E-state index contributed by atoms with van der Waals surface area (Å²) in [5, 5.41) is 0. The third-order valence-corrected chi connectivity index (χ3v) is 4.18. The van der Waals surface area contributed by atoms with Crippen LogP contribution in [0, 0.1) is 6.92 Å². The zero-order valence-corrected chi connectivity index (χ0v) is 13.3. The maximum atomic E-state index is 5.73. The van der Waals surface area contributed by atoms with Gasteiger partial charge in [0.2, 0.25) is 0 Å². The lowest BCUT2D eigenvalue weighted by atomic mass is 10.2. The Bertz CT molecular complexity index is 482. The molecule has 1 aromatic rings. The van der Waals surface area contributed by atoms with Gasteiger partial charge >= 0.3 is 0 Å². The number of hydrogen-bond donors (Lipinski definition) is 1. The Morgan fingerprint density at radius 1 is 1.35 bits per heavy atom. The molecular weight excluding hydrogens is 270 g/mol. The lowest BCUT2D eigenvalue weighted by Gasteiger charge is -2.38. The first kappa shape index (κ1) is 15.1. The molecule has 0 aromatic carbocycles. The van der Waals surface area contributed by atoms with Crippen molar-refractivity contribution in [1.29, 1.82) is 0 Å². The number of thiocarbonyl (C=S) groups is 1. The van der Waals surface area contributed by atoms with Gasteiger partial charge in [0.1, 0.15) is 11.6 Å². The quantitative estimate of drug-likeness (QED) is 0.840. The first-order valence-electron chi connectivity index (χ1n) is 7.14. The number of anilines is 1. The van der Waals surface area contributed by atoms with Crippen LogP contribution in [0.3, 0.4) is 0 Å². The maximum absolute atomic E-state index is 5.73. The van der Waals surface area contributed by atoms with Crippen LogP contribution in [0.5, 0.6) is 0 Å². The summed E-state index contributed by atoms with van der Waals surface area (Å²) < 4.78 is 0. The summed E-state index contributed by atoms with van der Waals surface area (Å²) in [4.78, 5) is 14.2. The first-order chi connectivity index (χ1) is 9.51. The van der Waals surface area contributed by atoms with Gasteiger partial charge in [0.25, 0.3) is 0 Å².